The lowest BCUT2D eigenvalue weighted by atomic mass is 10.1. The van der Waals surface area contributed by atoms with Crippen LogP contribution in [0.25, 0.3) is 11.0 Å². The summed E-state index contributed by atoms with van der Waals surface area (Å²) in [5.41, 5.74) is 1.68. The van der Waals surface area contributed by atoms with E-state index >= 15 is 0 Å². The number of benzene rings is 2. The fourth-order valence-corrected chi connectivity index (χ4v) is 2.47. The number of halogens is 1. The molecule has 1 heterocycles. The molecule has 0 aliphatic heterocycles. The normalized spacial score (nSPS) is 10.7. The van der Waals surface area contributed by atoms with Gasteiger partial charge in [0.25, 0.3) is 5.91 Å². The van der Waals surface area contributed by atoms with Crippen molar-refractivity contribution in [2.75, 3.05) is 27.3 Å². The van der Waals surface area contributed by atoms with E-state index in [0.717, 1.165) is 0 Å². The predicted octanol–water partition coefficient (Wildman–Crippen LogP) is 2.77. The van der Waals surface area contributed by atoms with Gasteiger partial charge in [0.1, 0.15) is 29.1 Å². The van der Waals surface area contributed by atoms with E-state index < -0.39 is 0 Å². The molecule has 0 spiro atoms. The average molecular weight is 361 g/mol. The number of amides is 1. The van der Waals surface area contributed by atoms with Crippen molar-refractivity contribution < 1.29 is 14.3 Å². The first-order valence-electron chi connectivity index (χ1n) is 7.61. The molecule has 0 atom stereocenters. The Morgan fingerprint density at radius 3 is 2.56 bits per heavy atom. The number of H-pyrrole nitrogens is 1. The highest BCUT2D eigenvalue weighted by atomic mass is 35.5. The largest absolute Gasteiger partial charge is 0.496 e. The molecule has 0 aliphatic carbocycles. The molecule has 130 valence electrons. The number of rotatable bonds is 6. The Hall–Kier alpha value is -2.80. The van der Waals surface area contributed by atoms with Crippen LogP contribution in [0, 0.1) is 0 Å². The monoisotopic (exact) mass is 360 g/mol. The Bertz CT molecular complexity index is 879. The van der Waals surface area contributed by atoms with Gasteiger partial charge < -0.3 is 14.4 Å². The number of carbonyl (C=O) groups is 1. The second-order valence-electron chi connectivity index (χ2n) is 5.39. The molecule has 1 amide bonds. The van der Waals surface area contributed by atoms with Crippen LogP contribution in [0.15, 0.2) is 36.4 Å². The molecule has 1 aromatic heterocycles. The molecule has 0 saturated carbocycles. The van der Waals surface area contributed by atoms with Crippen molar-refractivity contribution in [1.82, 2.24) is 20.3 Å². The van der Waals surface area contributed by atoms with E-state index in [4.69, 9.17) is 21.1 Å². The van der Waals surface area contributed by atoms with Gasteiger partial charge >= 0.3 is 0 Å². The third kappa shape index (κ3) is 3.83. The maximum absolute atomic E-state index is 12.7. The van der Waals surface area contributed by atoms with Crippen LogP contribution in [0.5, 0.6) is 11.5 Å². The van der Waals surface area contributed by atoms with Crippen molar-refractivity contribution in [2.45, 2.75) is 0 Å². The summed E-state index contributed by atoms with van der Waals surface area (Å²) in [7, 11) is 3.22. The molecule has 8 heteroatoms. The number of fused-ring (bicyclic) bond motifs is 1. The molecule has 0 fully saturated rings. The summed E-state index contributed by atoms with van der Waals surface area (Å²) < 4.78 is 10.9. The predicted molar refractivity (Wildman–Crippen MR) is 94.3 cm³/mol. The summed E-state index contributed by atoms with van der Waals surface area (Å²) in [5.74, 6) is 0.977. The fourth-order valence-electron chi connectivity index (χ4n) is 2.34. The second kappa shape index (κ2) is 7.40. The van der Waals surface area contributed by atoms with Crippen molar-refractivity contribution in [3.8, 4) is 11.5 Å². The number of nitrogens with one attached hydrogen (secondary N) is 1. The second-order valence-corrected chi connectivity index (χ2v) is 5.83. The number of aromatic amines is 1. The molecule has 0 aliphatic rings. The Balaban J connectivity index is 1.66. The number of nitrogens with zero attached hydrogens (tertiary/aromatic N) is 3. The zero-order valence-corrected chi connectivity index (χ0v) is 14.6. The Kier molecular flexibility index (Phi) is 5.04. The Labute approximate surface area is 149 Å². The zero-order chi connectivity index (χ0) is 17.8. The number of ether oxygens (including phenoxy) is 2. The Morgan fingerprint density at radius 2 is 1.88 bits per heavy atom. The van der Waals surface area contributed by atoms with Crippen LogP contribution < -0.4 is 9.47 Å². The highest BCUT2D eigenvalue weighted by molar-refractivity contribution is 6.30. The van der Waals surface area contributed by atoms with E-state index in [1.165, 1.54) is 7.11 Å². The number of methoxy groups -OCH3 is 1. The van der Waals surface area contributed by atoms with Gasteiger partial charge in [0.15, 0.2) is 0 Å². The first-order valence-corrected chi connectivity index (χ1v) is 7.98. The van der Waals surface area contributed by atoms with Gasteiger partial charge in [-0.15, -0.1) is 0 Å². The average Bonchev–Trinajstić information content (AvgIpc) is 3.08. The number of aromatic nitrogens is 3. The van der Waals surface area contributed by atoms with Gasteiger partial charge in [-0.3, -0.25) is 4.79 Å². The van der Waals surface area contributed by atoms with Gasteiger partial charge in [-0.05, 0) is 30.3 Å². The van der Waals surface area contributed by atoms with Crippen molar-refractivity contribution in [3.05, 3.63) is 47.0 Å². The van der Waals surface area contributed by atoms with Crippen LogP contribution in [0.3, 0.4) is 0 Å². The van der Waals surface area contributed by atoms with Crippen molar-refractivity contribution in [1.29, 1.82) is 0 Å². The fraction of sp³-hybridized carbons (Fsp3) is 0.235. The maximum Gasteiger partial charge on any atom is 0.257 e. The van der Waals surface area contributed by atoms with E-state index in [-0.39, 0.29) is 5.91 Å². The SMILES string of the molecule is COc1cc2n[nH]nc2cc1C(=O)N(C)CCOc1ccc(Cl)cc1. The molecule has 0 radical (unpaired) electrons. The number of carbonyl (C=O) groups excluding carboxylic acids is 1. The van der Waals surface area contributed by atoms with Gasteiger partial charge in [0.2, 0.25) is 0 Å². The topological polar surface area (TPSA) is 80.3 Å². The molecule has 25 heavy (non-hydrogen) atoms. The number of hydrogen-bond acceptors (Lipinski definition) is 5. The molecule has 0 unspecified atom stereocenters. The van der Waals surface area contributed by atoms with Gasteiger partial charge in [0, 0.05) is 18.1 Å². The summed E-state index contributed by atoms with van der Waals surface area (Å²) in [6, 6.07) is 10.4. The minimum absolute atomic E-state index is 0.179. The first-order chi connectivity index (χ1) is 12.1. The van der Waals surface area contributed by atoms with Crippen LogP contribution in [0.4, 0.5) is 0 Å². The molecule has 7 nitrogen and oxygen atoms in total. The molecule has 2 aromatic carbocycles. The van der Waals surface area contributed by atoms with Crippen LogP contribution in [0.1, 0.15) is 10.4 Å². The molecule has 3 aromatic rings. The van der Waals surface area contributed by atoms with Crippen molar-refractivity contribution in [2.24, 2.45) is 0 Å². The smallest absolute Gasteiger partial charge is 0.257 e. The number of hydrogen-bond donors (Lipinski definition) is 1. The standard InChI is InChI=1S/C17H17ClN4O3/c1-22(7-8-25-12-5-3-11(18)4-6-12)17(23)13-9-14-15(20-21-19-14)10-16(13)24-2/h3-6,9-10H,7-8H2,1-2H3,(H,19,20,21). The zero-order valence-electron chi connectivity index (χ0n) is 13.8. The molecule has 0 bridgehead atoms. The summed E-state index contributed by atoms with van der Waals surface area (Å²) in [4.78, 5) is 14.3. The molecule has 1 N–H and O–H groups in total. The third-order valence-electron chi connectivity index (χ3n) is 3.72. The molecule has 3 rings (SSSR count). The van der Waals surface area contributed by atoms with E-state index in [9.17, 15) is 4.79 Å². The van der Waals surface area contributed by atoms with E-state index in [0.29, 0.717) is 46.3 Å². The minimum atomic E-state index is -0.179. The van der Waals surface area contributed by atoms with Crippen molar-refractivity contribution >= 4 is 28.5 Å². The van der Waals surface area contributed by atoms with Crippen molar-refractivity contribution in [3.63, 3.8) is 0 Å². The molecular weight excluding hydrogens is 344 g/mol. The summed E-state index contributed by atoms with van der Waals surface area (Å²) in [5, 5.41) is 11.2. The minimum Gasteiger partial charge on any atom is -0.496 e. The van der Waals surface area contributed by atoms with E-state index in [1.807, 2.05) is 0 Å². The van der Waals surface area contributed by atoms with Gasteiger partial charge in [-0.25, -0.2) is 0 Å². The first kappa shape index (κ1) is 17.0. The quantitative estimate of drug-likeness (QED) is 0.731. The van der Waals surface area contributed by atoms with Crippen LogP contribution in [0.2, 0.25) is 5.02 Å². The lowest BCUT2D eigenvalue weighted by Crippen LogP contribution is -2.31. The van der Waals surface area contributed by atoms with Crippen LogP contribution in [-0.4, -0.2) is 53.5 Å². The van der Waals surface area contributed by atoms with E-state index in [1.54, 1.807) is 48.3 Å². The highest BCUT2D eigenvalue weighted by Crippen LogP contribution is 2.24. The van der Waals surface area contributed by atoms with Crippen LogP contribution >= 0.6 is 11.6 Å². The summed E-state index contributed by atoms with van der Waals surface area (Å²) >= 11 is 5.84. The van der Waals surface area contributed by atoms with Gasteiger partial charge in [0.05, 0.1) is 19.2 Å². The van der Waals surface area contributed by atoms with Crippen LogP contribution in [-0.2, 0) is 0 Å². The third-order valence-corrected chi connectivity index (χ3v) is 3.98. The molecular formula is C17H17ClN4O3. The number of likely N-dealkylation sites (N-methyl/N-ethyl adjacent to an activating group) is 1. The van der Waals surface area contributed by atoms with Gasteiger partial charge in [-0.2, -0.15) is 15.4 Å². The lowest BCUT2D eigenvalue weighted by molar-refractivity contribution is 0.0770. The van der Waals surface area contributed by atoms with E-state index in [2.05, 4.69) is 15.4 Å². The summed E-state index contributed by atoms with van der Waals surface area (Å²) in [6.07, 6.45) is 0. The molecule has 0 saturated heterocycles. The highest BCUT2D eigenvalue weighted by Gasteiger charge is 2.19. The Morgan fingerprint density at radius 1 is 1.20 bits per heavy atom. The lowest BCUT2D eigenvalue weighted by Gasteiger charge is -2.19. The summed E-state index contributed by atoms with van der Waals surface area (Å²) in [6.45, 7) is 0.778. The van der Waals surface area contributed by atoms with Gasteiger partial charge in [-0.1, -0.05) is 11.6 Å². The maximum atomic E-state index is 12.7.